The minimum Gasteiger partial charge on any atom is -0.497 e. The number of aromatic nitrogens is 2. The largest absolute Gasteiger partial charge is 0.497 e. The van der Waals surface area contributed by atoms with Crippen molar-refractivity contribution in [2.45, 2.75) is 0 Å². The zero-order valence-corrected chi connectivity index (χ0v) is 11.8. The Morgan fingerprint density at radius 2 is 2.22 bits per heavy atom. The summed E-state index contributed by atoms with van der Waals surface area (Å²) >= 11 is 9.15. The Balaban J connectivity index is 2.36. The second-order valence-electron chi connectivity index (χ2n) is 3.41. The highest BCUT2D eigenvalue weighted by Gasteiger charge is 2.07. The minimum atomic E-state index is 0.130. The molecule has 0 amide bonds. The predicted octanol–water partition coefficient (Wildman–Crippen LogP) is 3.23. The Hall–Kier alpha value is -1.53. The van der Waals surface area contributed by atoms with E-state index in [1.807, 2.05) is 18.2 Å². The smallest absolute Gasteiger partial charge is 0.224 e. The highest BCUT2D eigenvalue weighted by atomic mass is 79.9. The van der Waals surface area contributed by atoms with Gasteiger partial charge in [-0.15, -0.1) is 0 Å². The summed E-state index contributed by atoms with van der Waals surface area (Å²) in [4.78, 5) is 7.81. The molecule has 0 saturated carbocycles. The molecule has 5 nitrogen and oxygen atoms in total. The van der Waals surface area contributed by atoms with E-state index in [0.717, 1.165) is 15.9 Å². The van der Waals surface area contributed by atoms with Crippen LogP contribution in [0.3, 0.4) is 0 Å². The molecular weight excluding hydrogens is 320 g/mol. The van der Waals surface area contributed by atoms with Gasteiger partial charge in [0.2, 0.25) is 5.28 Å². The summed E-state index contributed by atoms with van der Waals surface area (Å²) in [6, 6.07) is 5.52. The number of hydrogen-bond acceptors (Lipinski definition) is 5. The van der Waals surface area contributed by atoms with Crippen molar-refractivity contribution in [1.29, 1.82) is 0 Å². The van der Waals surface area contributed by atoms with Crippen LogP contribution in [0.5, 0.6) is 5.75 Å². The molecule has 2 rings (SSSR count). The number of nitrogens with two attached hydrogens (primary N) is 1. The molecule has 0 fully saturated rings. The molecule has 18 heavy (non-hydrogen) atoms. The molecular formula is C11H10BrClN4O. The van der Waals surface area contributed by atoms with Gasteiger partial charge in [0.1, 0.15) is 5.75 Å². The van der Waals surface area contributed by atoms with Crippen LogP contribution >= 0.6 is 27.5 Å². The third-order valence-electron chi connectivity index (χ3n) is 2.21. The molecule has 0 bridgehead atoms. The van der Waals surface area contributed by atoms with Gasteiger partial charge < -0.3 is 15.8 Å². The van der Waals surface area contributed by atoms with Crippen molar-refractivity contribution in [2.24, 2.45) is 0 Å². The third kappa shape index (κ3) is 2.83. The van der Waals surface area contributed by atoms with Crippen LogP contribution in [-0.2, 0) is 0 Å². The zero-order valence-electron chi connectivity index (χ0n) is 9.45. The monoisotopic (exact) mass is 328 g/mol. The maximum Gasteiger partial charge on any atom is 0.224 e. The van der Waals surface area contributed by atoms with Crippen LogP contribution in [0.15, 0.2) is 28.9 Å². The second-order valence-corrected chi connectivity index (χ2v) is 4.61. The number of benzene rings is 1. The van der Waals surface area contributed by atoms with Gasteiger partial charge in [-0.3, -0.25) is 0 Å². The van der Waals surface area contributed by atoms with Crippen LogP contribution in [0.25, 0.3) is 0 Å². The van der Waals surface area contributed by atoms with Crippen molar-refractivity contribution in [2.75, 3.05) is 18.2 Å². The average molecular weight is 330 g/mol. The molecule has 0 radical (unpaired) electrons. The summed E-state index contributed by atoms with van der Waals surface area (Å²) in [5.41, 5.74) is 6.95. The Morgan fingerprint density at radius 3 is 2.94 bits per heavy atom. The van der Waals surface area contributed by atoms with Gasteiger partial charge in [0.15, 0.2) is 5.82 Å². The van der Waals surface area contributed by atoms with Crippen LogP contribution in [0.4, 0.5) is 17.2 Å². The Bertz CT molecular complexity index is 579. The van der Waals surface area contributed by atoms with Gasteiger partial charge in [-0.1, -0.05) is 0 Å². The van der Waals surface area contributed by atoms with Crippen LogP contribution in [0.2, 0.25) is 5.28 Å². The predicted molar refractivity (Wildman–Crippen MR) is 75.4 cm³/mol. The lowest BCUT2D eigenvalue weighted by atomic mass is 10.3. The number of rotatable bonds is 3. The number of nitrogens with zero attached hydrogens (tertiary/aromatic N) is 2. The van der Waals surface area contributed by atoms with Crippen molar-refractivity contribution in [3.63, 3.8) is 0 Å². The van der Waals surface area contributed by atoms with Gasteiger partial charge in [0.25, 0.3) is 0 Å². The third-order valence-corrected chi connectivity index (χ3v) is 3.09. The van der Waals surface area contributed by atoms with E-state index >= 15 is 0 Å². The van der Waals surface area contributed by atoms with Crippen LogP contribution in [0, 0.1) is 0 Å². The van der Waals surface area contributed by atoms with E-state index in [4.69, 9.17) is 22.1 Å². The number of halogens is 2. The summed E-state index contributed by atoms with van der Waals surface area (Å²) in [6.45, 7) is 0. The lowest BCUT2D eigenvalue weighted by Crippen LogP contribution is -2.01. The molecule has 1 aromatic heterocycles. The summed E-state index contributed by atoms with van der Waals surface area (Å²) in [5, 5.41) is 3.20. The first-order valence-corrected chi connectivity index (χ1v) is 6.16. The molecule has 1 heterocycles. The quantitative estimate of drug-likeness (QED) is 0.846. The Labute approximate surface area is 117 Å². The van der Waals surface area contributed by atoms with Gasteiger partial charge in [0, 0.05) is 10.5 Å². The fraction of sp³-hybridized carbons (Fsp3) is 0.0909. The first-order valence-electron chi connectivity index (χ1n) is 4.98. The number of methoxy groups -OCH3 is 1. The van der Waals surface area contributed by atoms with E-state index in [2.05, 4.69) is 31.2 Å². The highest BCUT2D eigenvalue weighted by Crippen LogP contribution is 2.30. The maximum atomic E-state index is 5.77. The molecule has 0 aliphatic rings. The number of nitrogen functional groups attached to an aromatic ring is 1. The topological polar surface area (TPSA) is 73.1 Å². The summed E-state index contributed by atoms with van der Waals surface area (Å²) in [6.07, 6.45) is 1.45. The minimum absolute atomic E-state index is 0.130. The fourth-order valence-corrected chi connectivity index (χ4v) is 1.80. The maximum absolute atomic E-state index is 5.77. The van der Waals surface area contributed by atoms with Gasteiger partial charge in [-0.25, -0.2) is 4.98 Å². The van der Waals surface area contributed by atoms with Crippen LogP contribution in [0.1, 0.15) is 0 Å². The second kappa shape index (κ2) is 5.41. The molecule has 0 saturated heterocycles. The lowest BCUT2D eigenvalue weighted by molar-refractivity contribution is 0.415. The molecule has 0 unspecified atom stereocenters. The number of anilines is 3. The van der Waals surface area contributed by atoms with Gasteiger partial charge >= 0.3 is 0 Å². The van der Waals surface area contributed by atoms with E-state index in [1.165, 1.54) is 6.20 Å². The number of nitrogens with one attached hydrogen (secondary N) is 1. The van der Waals surface area contributed by atoms with E-state index in [-0.39, 0.29) is 5.28 Å². The summed E-state index contributed by atoms with van der Waals surface area (Å²) in [5.74, 6) is 1.17. The van der Waals surface area contributed by atoms with E-state index < -0.39 is 0 Å². The molecule has 0 spiro atoms. The van der Waals surface area contributed by atoms with Crippen molar-refractivity contribution < 1.29 is 4.74 Å². The van der Waals surface area contributed by atoms with Crippen molar-refractivity contribution in [1.82, 2.24) is 9.97 Å². The van der Waals surface area contributed by atoms with Gasteiger partial charge in [0.05, 0.1) is 24.7 Å². The standard InChI is InChI=1S/C11H10BrClN4O/c1-18-6-2-3-7(12)9(4-6)16-10-8(14)5-15-11(13)17-10/h2-5H,14H2,1H3,(H,15,16,17). The van der Waals surface area contributed by atoms with E-state index in [9.17, 15) is 0 Å². The van der Waals surface area contributed by atoms with Crippen LogP contribution in [-0.4, -0.2) is 17.1 Å². The van der Waals surface area contributed by atoms with Crippen molar-refractivity contribution in [3.05, 3.63) is 34.2 Å². The van der Waals surface area contributed by atoms with Crippen molar-refractivity contribution >= 4 is 44.7 Å². The first-order chi connectivity index (χ1) is 8.60. The molecule has 7 heteroatoms. The van der Waals surface area contributed by atoms with Crippen LogP contribution < -0.4 is 15.8 Å². The first kappa shape index (κ1) is 12.9. The molecule has 3 N–H and O–H groups in total. The summed E-state index contributed by atoms with van der Waals surface area (Å²) < 4.78 is 6.01. The number of ether oxygens (including phenoxy) is 1. The molecule has 2 aromatic rings. The molecule has 1 aromatic carbocycles. The molecule has 0 aliphatic heterocycles. The Kier molecular flexibility index (Phi) is 3.88. The van der Waals surface area contributed by atoms with Gasteiger partial charge in [-0.2, -0.15) is 4.98 Å². The van der Waals surface area contributed by atoms with E-state index in [1.54, 1.807) is 7.11 Å². The lowest BCUT2D eigenvalue weighted by Gasteiger charge is -2.11. The molecule has 0 aliphatic carbocycles. The molecule has 0 atom stereocenters. The van der Waals surface area contributed by atoms with E-state index in [0.29, 0.717) is 11.5 Å². The zero-order chi connectivity index (χ0) is 13.1. The SMILES string of the molecule is COc1ccc(Br)c(Nc2nc(Cl)ncc2N)c1. The van der Waals surface area contributed by atoms with Crippen molar-refractivity contribution in [3.8, 4) is 5.75 Å². The normalized spacial score (nSPS) is 10.2. The number of hydrogen-bond donors (Lipinski definition) is 2. The fourth-order valence-electron chi connectivity index (χ4n) is 1.32. The van der Waals surface area contributed by atoms with Gasteiger partial charge in [-0.05, 0) is 39.7 Å². The molecule has 94 valence electrons. The summed E-state index contributed by atoms with van der Waals surface area (Å²) in [7, 11) is 1.60. The highest BCUT2D eigenvalue weighted by molar-refractivity contribution is 9.10. The average Bonchev–Trinajstić information content (AvgIpc) is 2.36. The Morgan fingerprint density at radius 1 is 1.44 bits per heavy atom.